The number of rotatable bonds is 4. The van der Waals surface area contributed by atoms with Crippen molar-refractivity contribution in [3.05, 3.63) is 34.9 Å². The van der Waals surface area contributed by atoms with Crippen LogP contribution in [0.2, 0.25) is 0 Å². The highest BCUT2D eigenvalue weighted by Crippen LogP contribution is 2.45. The van der Waals surface area contributed by atoms with Crippen LogP contribution in [0.25, 0.3) is 0 Å². The SMILES string of the molecule is CC(C)(C)[S@@+]([O-])N=C1c2cc(CN[SH](=O)=O)ccc2CC12CCNCC2.O=C(O)C(F)(F)F. The van der Waals surface area contributed by atoms with Crippen LogP contribution in [0.5, 0.6) is 0 Å². The van der Waals surface area contributed by atoms with Crippen LogP contribution in [0, 0.1) is 5.41 Å². The van der Waals surface area contributed by atoms with Crippen LogP contribution in [-0.2, 0) is 40.0 Å². The van der Waals surface area contributed by atoms with Crippen molar-refractivity contribution in [1.29, 1.82) is 0 Å². The van der Waals surface area contributed by atoms with E-state index in [-0.39, 0.29) is 12.0 Å². The van der Waals surface area contributed by atoms with Gasteiger partial charge in [-0.2, -0.15) is 13.2 Å². The van der Waals surface area contributed by atoms with E-state index in [9.17, 15) is 26.1 Å². The molecule has 1 saturated heterocycles. The van der Waals surface area contributed by atoms with Crippen molar-refractivity contribution in [3.63, 3.8) is 0 Å². The Kier molecular flexibility index (Phi) is 8.96. The molecule has 1 aliphatic carbocycles. The number of fused-ring (bicyclic) bond motifs is 1. The Labute approximate surface area is 195 Å². The molecule has 0 radical (unpaired) electrons. The number of hydrogen-bond acceptors (Lipinski definition) is 6. The van der Waals surface area contributed by atoms with Crippen LogP contribution in [0.3, 0.4) is 0 Å². The van der Waals surface area contributed by atoms with E-state index < -0.39 is 39.1 Å². The minimum atomic E-state index is -5.08. The molecule has 0 aromatic heterocycles. The molecule has 3 rings (SSSR count). The minimum Gasteiger partial charge on any atom is -0.591 e. The van der Waals surface area contributed by atoms with Gasteiger partial charge in [-0.25, -0.2) is 17.9 Å². The molecule has 1 fully saturated rings. The van der Waals surface area contributed by atoms with Crippen molar-refractivity contribution < 1.29 is 36.0 Å². The summed E-state index contributed by atoms with van der Waals surface area (Å²) in [6.07, 6.45) is -2.22. The Bertz CT molecular complexity index is 961. The summed E-state index contributed by atoms with van der Waals surface area (Å²) < 4.78 is 72.9. The summed E-state index contributed by atoms with van der Waals surface area (Å²) in [5, 5.41) is 10.5. The summed E-state index contributed by atoms with van der Waals surface area (Å²) in [5.41, 5.74) is 4.01. The number of carboxylic acid groups (broad SMARTS) is 1. The maximum Gasteiger partial charge on any atom is 0.490 e. The van der Waals surface area contributed by atoms with Crippen LogP contribution in [0.15, 0.2) is 22.6 Å². The fourth-order valence-corrected chi connectivity index (χ4v) is 4.73. The van der Waals surface area contributed by atoms with E-state index in [2.05, 4.69) is 16.1 Å². The molecule has 8 nitrogen and oxygen atoms in total. The van der Waals surface area contributed by atoms with E-state index in [0.29, 0.717) is 0 Å². The average Bonchev–Trinajstić information content (AvgIpc) is 2.98. The highest BCUT2D eigenvalue weighted by atomic mass is 32.2. The van der Waals surface area contributed by atoms with Crippen molar-refractivity contribution in [2.45, 2.75) is 57.5 Å². The summed E-state index contributed by atoms with van der Waals surface area (Å²) in [5.74, 6) is -2.76. The van der Waals surface area contributed by atoms with Gasteiger partial charge < -0.3 is 15.0 Å². The number of thiol groups is 1. The van der Waals surface area contributed by atoms with Gasteiger partial charge in [0.05, 0.1) is 0 Å². The third kappa shape index (κ3) is 7.41. The largest absolute Gasteiger partial charge is 0.591 e. The van der Waals surface area contributed by atoms with Gasteiger partial charge in [0.25, 0.3) is 0 Å². The molecule has 1 aromatic carbocycles. The molecule has 1 aliphatic heterocycles. The third-order valence-corrected chi connectivity index (χ3v) is 7.19. The first-order chi connectivity index (χ1) is 15.2. The zero-order valence-electron chi connectivity index (χ0n) is 18.5. The maximum atomic E-state index is 12.8. The molecule has 2 aliphatic rings. The van der Waals surface area contributed by atoms with Gasteiger partial charge in [-0.05, 0) is 70.3 Å². The van der Waals surface area contributed by atoms with Crippen LogP contribution in [0.4, 0.5) is 13.2 Å². The van der Waals surface area contributed by atoms with Gasteiger partial charge in [0.15, 0.2) is 0 Å². The smallest absolute Gasteiger partial charge is 0.490 e. The number of carboxylic acids is 1. The monoisotopic (exact) mass is 511 g/mol. The van der Waals surface area contributed by atoms with Gasteiger partial charge in [0, 0.05) is 17.5 Å². The molecule has 1 heterocycles. The van der Waals surface area contributed by atoms with Crippen LogP contribution in [0.1, 0.15) is 50.3 Å². The fraction of sp³-hybridized carbons (Fsp3) is 0.600. The second kappa shape index (κ2) is 10.7. The number of piperidine rings is 1. The maximum absolute atomic E-state index is 12.8. The lowest BCUT2D eigenvalue weighted by Crippen LogP contribution is -2.42. The number of alkyl halides is 3. The predicted molar refractivity (Wildman–Crippen MR) is 120 cm³/mol. The van der Waals surface area contributed by atoms with Gasteiger partial charge >= 0.3 is 12.1 Å². The zero-order chi connectivity index (χ0) is 25.0. The Balaban J connectivity index is 0.000000479. The zero-order valence-corrected chi connectivity index (χ0v) is 20.2. The first-order valence-corrected chi connectivity index (χ1v) is 12.5. The van der Waals surface area contributed by atoms with E-state index in [0.717, 1.165) is 49.2 Å². The molecular formula is C20H28F3N3O5S2. The second-order valence-electron chi connectivity index (χ2n) is 8.89. The van der Waals surface area contributed by atoms with Gasteiger partial charge in [0.1, 0.15) is 21.8 Å². The van der Waals surface area contributed by atoms with Gasteiger partial charge in [-0.1, -0.05) is 16.5 Å². The molecule has 0 bridgehead atoms. The number of halogens is 3. The van der Waals surface area contributed by atoms with E-state index in [1.165, 1.54) is 5.56 Å². The first kappa shape index (κ1) is 27.6. The van der Waals surface area contributed by atoms with Crippen LogP contribution >= 0.6 is 0 Å². The van der Waals surface area contributed by atoms with Crippen molar-refractivity contribution in [2.75, 3.05) is 13.1 Å². The number of nitrogens with zero attached hydrogens (tertiary/aromatic N) is 1. The normalized spacial score (nSPS) is 19.8. The lowest BCUT2D eigenvalue weighted by atomic mass is 9.75. The van der Waals surface area contributed by atoms with Crippen molar-refractivity contribution >= 4 is 33.9 Å². The van der Waals surface area contributed by atoms with Gasteiger partial charge in [-0.15, -0.1) is 0 Å². The lowest BCUT2D eigenvalue weighted by molar-refractivity contribution is -0.192. The Hall–Kier alpha value is -1.67. The molecule has 13 heteroatoms. The fourth-order valence-electron chi connectivity index (χ4n) is 3.68. The molecule has 1 spiro atoms. The van der Waals surface area contributed by atoms with Crippen molar-refractivity contribution in [2.24, 2.45) is 9.81 Å². The van der Waals surface area contributed by atoms with Gasteiger partial charge in [0.2, 0.25) is 10.9 Å². The van der Waals surface area contributed by atoms with E-state index in [1.807, 2.05) is 32.9 Å². The molecular weight excluding hydrogens is 483 g/mol. The molecule has 186 valence electrons. The average molecular weight is 512 g/mol. The lowest BCUT2D eigenvalue weighted by Gasteiger charge is -2.34. The summed E-state index contributed by atoms with van der Waals surface area (Å²) in [7, 11) is -2.63. The van der Waals surface area contributed by atoms with Crippen molar-refractivity contribution in [1.82, 2.24) is 10.0 Å². The topological polar surface area (TPSA) is 131 Å². The van der Waals surface area contributed by atoms with E-state index >= 15 is 0 Å². The minimum absolute atomic E-state index is 0.0652. The molecule has 3 N–H and O–H groups in total. The molecule has 1 aromatic rings. The number of carbonyl (C=O) groups is 1. The van der Waals surface area contributed by atoms with E-state index in [1.54, 1.807) is 0 Å². The van der Waals surface area contributed by atoms with Gasteiger partial charge in [-0.3, -0.25) is 0 Å². The standard InChI is InChI=1S/C18H27N3O3S2.C2HF3O2/c1-17(2,3)25(22)21-16-15-10-13(12-20-26(23)24)4-5-14(15)11-18(16)6-8-19-9-7-18;3-2(4,5)1(6)7/h4-5,10,19,26H,6-9,11-12H2,1-3H3,(H,20,23,24);(H,6,7)/t25-;/m1./s1. The first-order valence-electron chi connectivity index (χ1n) is 10.2. The summed E-state index contributed by atoms with van der Waals surface area (Å²) >= 11 is -1.32. The summed E-state index contributed by atoms with van der Waals surface area (Å²) in [4.78, 5) is 8.90. The molecule has 1 atom stereocenters. The third-order valence-electron chi connectivity index (χ3n) is 5.37. The predicted octanol–water partition coefficient (Wildman–Crippen LogP) is 2.11. The summed E-state index contributed by atoms with van der Waals surface area (Å²) in [6, 6.07) is 6.04. The number of hydrogen-bond donors (Lipinski definition) is 4. The Morgan fingerprint density at radius 2 is 1.85 bits per heavy atom. The van der Waals surface area contributed by atoms with Crippen LogP contribution in [-0.4, -0.2) is 53.8 Å². The number of benzene rings is 1. The highest BCUT2D eigenvalue weighted by molar-refractivity contribution is 7.91. The quantitative estimate of drug-likeness (QED) is 0.362. The van der Waals surface area contributed by atoms with Crippen molar-refractivity contribution in [3.8, 4) is 0 Å². The summed E-state index contributed by atoms with van der Waals surface area (Å²) in [6.45, 7) is 7.92. The molecule has 0 unspecified atom stereocenters. The molecule has 0 saturated carbocycles. The number of nitrogens with one attached hydrogen (secondary N) is 2. The Morgan fingerprint density at radius 3 is 2.33 bits per heavy atom. The number of aliphatic carboxylic acids is 1. The Morgan fingerprint density at radius 1 is 1.27 bits per heavy atom. The molecule has 0 amide bonds. The highest BCUT2D eigenvalue weighted by Gasteiger charge is 2.46. The second-order valence-corrected chi connectivity index (χ2v) is 11.6. The molecule has 33 heavy (non-hydrogen) atoms. The van der Waals surface area contributed by atoms with Crippen LogP contribution < -0.4 is 10.0 Å². The van der Waals surface area contributed by atoms with E-state index in [4.69, 9.17) is 14.3 Å².